The maximum atomic E-state index is 13.4. The van der Waals surface area contributed by atoms with Crippen LogP contribution in [0.4, 0.5) is 0 Å². The third kappa shape index (κ3) is 3.85. The summed E-state index contributed by atoms with van der Waals surface area (Å²) in [6.45, 7) is 2.13. The Labute approximate surface area is 172 Å². The minimum Gasteiger partial charge on any atom is -0.356 e. The van der Waals surface area contributed by atoms with Gasteiger partial charge in [0.05, 0.1) is 6.07 Å². The molecular weight excluding hydrogens is 370 g/mol. The first-order valence-corrected chi connectivity index (χ1v) is 10.9. The maximum Gasteiger partial charge on any atom is 0.243 e. The van der Waals surface area contributed by atoms with Crippen molar-refractivity contribution < 1.29 is 14.4 Å². The lowest BCUT2D eigenvalue weighted by Gasteiger charge is -2.33. The molecule has 1 unspecified atom stereocenters. The van der Waals surface area contributed by atoms with E-state index in [4.69, 9.17) is 0 Å². The number of likely N-dealkylation sites (tertiary alicyclic amines) is 2. The van der Waals surface area contributed by atoms with Gasteiger partial charge in [-0.1, -0.05) is 12.8 Å². The van der Waals surface area contributed by atoms with Gasteiger partial charge in [0, 0.05) is 19.0 Å². The van der Waals surface area contributed by atoms with Gasteiger partial charge in [-0.2, -0.15) is 5.26 Å². The highest BCUT2D eigenvalue weighted by Crippen LogP contribution is 2.41. The fourth-order valence-electron chi connectivity index (χ4n) is 5.29. The predicted octanol–water partition coefficient (Wildman–Crippen LogP) is 0.386. The van der Waals surface area contributed by atoms with Crippen LogP contribution in [0.15, 0.2) is 0 Å². The van der Waals surface area contributed by atoms with Crippen LogP contribution in [0, 0.1) is 23.2 Å². The van der Waals surface area contributed by atoms with E-state index >= 15 is 0 Å². The molecule has 8 heteroatoms. The summed E-state index contributed by atoms with van der Waals surface area (Å²) in [5.74, 6) is 0.0352. The van der Waals surface area contributed by atoms with Crippen molar-refractivity contribution in [2.75, 3.05) is 26.7 Å². The van der Waals surface area contributed by atoms with E-state index in [2.05, 4.69) is 21.6 Å². The standard InChI is InChI=1S/C21H31N5O3/c1-25-9-2-6-21(25)7-10-26(20(21)29)17(11-14-3-4-14)19(28)24-16(13-22)12-15-5-8-23-18(15)27/h14-17H,2-12H2,1H3,(H,23,27)(H,24,28)/t15-,16+,17-,21?/m0/s1. The highest BCUT2D eigenvalue weighted by atomic mass is 16.2. The van der Waals surface area contributed by atoms with Crippen LogP contribution >= 0.6 is 0 Å². The van der Waals surface area contributed by atoms with Crippen molar-refractivity contribution in [3.05, 3.63) is 0 Å². The average Bonchev–Trinajstić information content (AvgIpc) is 3.19. The third-order valence-corrected chi connectivity index (χ3v) is 7.33. The van der Waals surface area contributed by atoms with E-state index < -0.39 is 17.6 Å². The van der Waals surface area contributed by atoms with Crippen LogP contribution in [0.3, 0.4) is 0 Å². The molecule has 4 fully saturated rings. The quantitative estimate of drug-likeness (QED) is 0.642. The van der Waals surface area contributed by atoms with Crippen molar-refractivity contribution in [2.24, 2.45) is 11.8 Å². The van der Waals surface area contributed by atoms with Crippen LogP contribution in [0.25, 0.3) is 0 Å². The SMILES string of the molecule is CN1CCCC12CCN([C@@H](CC1CC1)C(=O)N[C@@H](C#N)C[C@@H]1CCNC1=O)C2=O. The molecule has 2 N–H and O–H groups in total. The first kappa shape index (κ1) is 20.1. The van der Waals surface area contributed by atoms with Crippen molar-refractivity contribution in [1.82, 2.24) is 20.4 Å². The number of hydrogen-bond donors (Lipinski definition) is 2. The Morgan fingerprint density at radius 1 is 1.28 bits per heavy atom. The summed E-state index contributed by atoms with van der Waals surface area (Å²) in [5.41, 5.74) is -0.446. The van der Waals surface area contributed by atoms with Crippen LogP contribution in [-0.4, -0.2) is 71.8 Å². The topological polar surface area (TPSA) is 106 Å². The Balaban J connectivity index is 1.45. The number of amides is 3. The van der Waals surface area contributed by atoms with E-state index in [0.29, 0.717) is 38.3 Å². The zero-order valence-electron chi connectivity index (χ0n) is 17.2. The maximum absolute atomic E-state index is 13.4. The van der Waals surface area contributed by atoms with Gasteiger partial charge in [-0.15, -0.1) is 0 Å². The van der Waals surface area contributed by atoms with Gasteiger partial charge in [0.2, 0.25) is 17.7 Å². The molecular formula is C21H31N5O3. The Bertz CT molecular complexity index is 730. The molecule has 1 spiro atoms. The van der Waals surface area contributed by atoms with Crippen molar-refractivity contribution in [2.45, 2.75) is 69.0 Å². The lowest BCUT2D eigenvalue weighted by molar-refractivity contribution is -0.143. The molecule has 4 aliphatic rings. The Morgan fingerprint density at radius 2 is 2.07 bits per heavy atom. The molecule has 29 heavy (non-hydrogen) atoms. The number of rotatable bonds is 7. The largest absolute Gasteiger partial charge is 0.356 e. The number of likely N-dealkylation sites (N-methyl/N-ethyl adjacent to an activating group) is 1. The smallest absolute Gasteiger partial charge is 0.243 e. The molecule has 1 aliphatic carbocycles. The summed E-state index contributed by atoms with van der Waals surface area (Å²) >= 11 is 0. The fraction of sp³-hybridized carbons (Fsp3) is 0.810. The van der Waals surface area contributed by atoms with Gasteiger partial charge < -0.3 is 15.5 Å². The number of carbonyl (C=O) groups excluding carboxylic acids is 3. The summed E-state index contributed by atoms with van der Waals surface area (Å²) in [4.78, 5) is 42.3. The van der Waals surface area contributed by atoms with Gasteiger partial charge in [-0.05, 0) is 58.0 Å². The monoisotopic (exact) mass is 401 g/mol. The van der Waals surface area contributed by atoms with Crippen molar-refractivity contribution in [3.8, 4) is 6.07 Å². The van der Waals surface area contributed by atoms with Gasteiger partial charge in [-0.25, -0.2) is 0 Å². The second-order valence-corrected chi connectivity index (χ2v) is 9.20. The van der Waals surface area contributed by atoms with E-state index in [1.54, 1.807) is 4.90 Å². The summed E-state index contributed by atoms with van der Waals surface area (Å²) in [6, 6.07) is 0.912. The molecule has 0 aromatic carbocycles. The highest BCUT2D eigenvalue weighted by Gasteiger charge is 2.54. The molecule has 4 rings (SSSR count). The van der Waals surface area contributed by atoms with Crippen LogP contribution < -0.4 is 10.6 Å². The zero-order valence-corrected chi connectivity index (χ0v) is 17.2. The number of carbonyl (C=O) groups is 3. The number of nitrogens with zero attached hydrogens (tertiary/aromatic N) is 3. The summed E-state index contributed by atoms with van der Waals surface area (Å²) in [7, 11) is 2.00. The van der Waals surface area contributed by atoms with E-state index in [9.17, 15) is 19.6 Å². The Morgan fingerprint density at radius 3 is 2.66 bits per heavy atom. The van der Waals surface area contributed by atoms with Gasteiger partial charge in [0.1, 0.15) is 17.6 Å². The Kier molecular flexibility index (Phi) is 5.52. The molecule has 0 aromatic heterocycles. The molecule has 1 saturated carbocycles. The van der Waals surface area contributed by atoms with Crippen LogP contribution in [0.1, 0.15) is 51.4 Å². The lowest BCUT2D eigenvalue weighted by atomic mass is 9.94. The molecule has 0 radical (unpaired) electrons. The van der Waals surface area contributed by atoms with Crippen molar-refractivity contribution in [1.29, 1.82) is 5.26 Å². The van der Waals surface area contributed by atoms with Gasteiger partial charge in [0.25, 0.3) is 0 Å². The lowest BCUT2D eigenvalue weighted by Crippen LogP contribution is -2.55. The summed E-state index contributed by atoms with van der Waals surface area (Å²) in [6.07, 6.45) is 6.51. The molecule has 0 bridgehead atoms. The predicted molar refractivity (Wildman–Crippen MR) is 105 cm³/mol. The average molecular weight is 402 g/mol. The van der Waals surface area contributed by atoms with Gasteiger partial charge >= 0.3 is 0 Å². The van der Waals surface area contributed by atoms with Crippen LogP contribution in [0.5, 0.6) is 0 Å². The van der Waals surface area contributed by atoms with E-state index in [1.165, 1.54) is 0 Å². The first-order valence-electron chi connectivity index (χ1n) is 10.9. The molecule has 3 heterocycles. The molecule has 4 atom stereocenters. The fourth-order valence-corrected chi connectivity index (χ4v) is 5.29. The molecule has 0 aromatic rings. The Hall–Kier alpha value is -2.14. The highest BCUT2D eigenvalue weighted by molar-refractivity contribution is 5.94. The van der Waals surface area contributed by atoms with E-state index in [1.807, 2.05) is 7.05 Å². The first-order chi connectivity index (χ1) is 13.9. The minimum absolute atomic E-state index is 0.0463. The number of nitriles is 1. The second-order valence-electron chi connectivity index (χ2n) is 9.20. The minimum atomic E-state index is -0.709. The third-order valence-electron chi connectivity index (χ3n) is 7.33. The van der Waals surface area contributed by atoms with Crippen molar-refractivity contribution in [3.63, 3.8) is 0 Å². The van der Waals surface area contributed by atoms with Crippen LogP contribution in [0.2, 0.25) is 0 Å². The van der Waals surface area contributed by atoms with Gasteiger partial charge in [0.15, 0.2) is 0 Å². The molecule has 8 nitrogen and oxygen atoms in total. The summed E-state index contributed by atoms with van der Waals surface area (Å²) < 4.78 is 0. The molecule has 3 saturated heterocycles. The van der Waals surface area contributed by atoms with Crippen molar-refractivity contribution >= 4 is 17.7 Å². The van der Waals surface area contributed by atoms with Gasteiger partial charge in [-0.3, -0.25) is 19.3 Å². The van der Waals surface area contributed by atoms with Crippen LogP contribution in [-0.2, 0) is 14.4 Å². The van der Waals surface area contributed by atoms with E-state index in [-0.39, 0.29) is 23.6 Å². The zero-order chi connectivity index (χ0) is 20.6. The molecule has 3 aliphatic heterocycles. The summed E-state index contributed by atoms with van der Waals surface area (Å²) in [5, 5.41) is 15.2. The molecule has 158 valence electrons. The number of hydrogen-bond acceptors (Lipinski definition) is 5. The number of nitrogens with one attached hydrogen (secondary N) is 2. The second kappa shape index (κ2) is 7.94. The van der Waals surface area contributed by atoms with E-state index in [0.717, 1.165) is 38.6 Å². The molecule has 3 amide bonds. The normalized spacial score (nSPS) is 31.7.